The van der Waals surface area contributed by atoms with Crippen LogP contribution in [-0.4, -0.2) is 20.9 Å². The fourth-order valence-corrected chi connectivity index (χ4v) is 2.30. The number of nitrogens with zero attached hydrogens (tertiary/aromatic N) is 2. The predicted octanol–water partition coefficient (Wildman–Crippen LogP) is 3.11. The fourth-order valence-electron chi connectivity index (χ4n) is 2.30. The highest BCUT2D eigenvalue weighted by Gasteiger charge is 2.37. The second-order valence-corrected chi connectivity index (χ2v) is 4.45. The summed E-state index contributed by atoms with van der Waals surface area (Å²) in [4.78, 5) is 11.0. The van der Waals surface area contributed by atoms with Crippen molar-refractivity contribution in [3.8, 4) is 0 Å². The lowest BCUT2D eigenvalue weighted by molar-refractivity contribution is -0.141. The molecule has 0 aliphatic heterocycles. The van der Waals surface area contributed by atoms with Crippen molar-refractivity contribution in [2.75, 3.05) is 0 Å². The van der Waals surface area contributed by atoms with Gasteiger partial charge in [0, 0.05) is 6.07 Å². The third-order valence-corrected chi connectivity index (χ3v) is 3.17. The van der Waals surface area contributed by atoms with Crippen LogP contribution in [0.15, 0.2) is 6.07 Å². The summed E-state index contributed by atoms with van der Waals surface area (Å²) in [7, 11) is 0. The van der Waals surface area contributed by atoms with Crippen molar-refractivity contribution in [1.82, 2.24) is 9.78 Å². The molecule has 0 amide bonds. The van der Waals surface area contributed by atoms with E-state index in [1.807, 2.05) is 0 Å². The van der Waals surface area contributed by atoms with Crippen molar-refractivity contribution < 1.29 is 23.1 Å². The largest absolute Gasteiger partial charge is 0.477 e. The Balaban J connectivity index is 2.38. The molecule has 4 nitrogen and oxygen atoms in total. The van der Waals surface area contributed by atoms with Crippen molar-refractivity contribution in [3.05, 3.63) is 17.5 Å². The molecule has 0 radical (unpaired) electrons. The minimum absolute atomic E-state index is 0.235. The number of alkyl halides is 3. The van der Waals surface area contributed by atoms with Crippen LogP contribution in [0.5, 0.6) is 0 Å². The molecule has 0 saturated heterocycles. The van der Waals surface area contributed by atoms with Gasteiger partial charge in [-0.15, -0.1) is 0 Å². The molecule has 1 heterocycles. The summed E-state index contributed by atoms with van der Waals surface area (Å²) in [5, 5.41) is 12.4. The van der Waals surface area contributed by atoms with E-state index in [1.54, 1.807) is 0 Å². The van der Waals surface area contributed by atoms with E-state index in [4.69, 9.17) is 5.11 Å². The average molecular weight is 262 g/mol. The molecule has 0 unspecified atom stereocenters. The van der Waals surface area contributed by atoms with Crippen LogP contribution in [-0.2, 0) is 6.18 Å². The van der Waals surface area contributed by atoms with E-state index in [0.717, 1.165) is 23.9 Å². The maximum atomic E-state index is 12.5. The Morgan fingerprint density at radius 1 is 1.33 bits per heavy atom. The smallest absolute Gasteiger partial charge is 0.435 e. The van der Waals surface area contributed by atoms with Crippen molar-refractivity contribution >= 4 is 5.97 Å². The SMILES string of the molecule is O=C(O)c1cc(C(F)(F)F)nn1C1CCCCC1. The molecule has 1 N–H and O–H groups in total. The van der Waals surface area contributed by atoms with Crippen LogP contribution < -0.4 is 0 Å². The molecule has 1 fully saturated rings. The highest BCUT2D eigenvalue weighted by molar-refractivity contribution is 5.85. The van der Waals surface area contributed by atoms with E-state index < -0.39 is 17.8 Å². The molecular formula is C11H13F3N2O2. The second kappa shape index (κ2) is 4.62. The number of rotatable bonds is 2. The standard InChI is InChI=1S/C11H13F3N2O2/c12-11(13,14)9-6-8(10(17)18)16(15-9)7-4-2-1-3-5-7/h6-7H,1-5H2,(H,17,18). The summed E-state index contributed by atoms with van der Waals surface area (Å²) in [6, 6.07) is 0.373. The van der Waals surface area contributed by atoms with E-state index >= 15 is 0 Å². The monoisotopic (exact) mass is 262 g/mol. The van der Waals surface area contributed by atoms with E-state index in [9.17, 15) is 18.0 Å². The summed E-state index contributed by atoms with van der Waals surface area (Å²) < 4.78 is 38.7. The Morgan fingerprint density at radius 3 is 2.44 bits per heavy atom. The molecule has 1 aliphatic carbocycles. The highest BCUT2D eigenvalue weighted by atomic mass is 19.4. The van der Waals surface area contributed by atoms with Gasteiger partial charge in [0.25, 0.3) is 0 Å². The lowest BCUT2D eigenvalue weighted by Crippen LogP contribution is -2.19. The van der Waals surface area contributed by atoms with Gasteiger partial charge in [-0.1, -0.05) is 19.3 Å². The van der Waals surface area contributed by atoms with Gasteiger partial charge < -0.3 is 5.11 Å². The van der Waals surface area contributed by atoms with E-state index in [-0.39, 0.29) is 11.7 Å². The van der Waals surface area contributed by atoms with Gasteiger partial charge in [-0.05, 0) is 12.8 Å². The molecule has 0 aromatic carbocycles. The zero-order valence-electron chi connectivity index (χ0n) is 9.57. The topological polar surface area (TPSA) is 55.1 Å². The average Bonchev–Trinajstić information content (AvgIpc) is 2.74. The Bertz CT molecular complexity index is 448. The van der Waals surface area contributed by atoms with Crippen LogP contribution in [0.4, 0.5) is 13.2 Å². The first-order valence-electron chi connectivity index (χ1n) is 5.79. The third-order valence-electron chi connectivity index (χ3n) is 3.17. The summed E-state index contributed by atoms with van der Waals surface area (Å²) in [5.41, 5.74) is -1.51. The number of hydrogen-bond donors (Lipinski definition) is 1. The summed E-state index contributed by atoms with van der Waals surface area (Å²) in [6.07, 6.45) is -0.426. The quantitative estimate of drug-likeness (QED) is 0.890. The predicted molar refractivity (Wildman–Crippen MR) is 56.3 cm³/mol. The van der Waals surface area contributed by atoms with E-state index in [1.165, 1.54) is 0 Å². The Labute approximate surface area is 101 Å². The Hall–Kier alpha value is -1.53. The zero-order valence-corrected chi connectivity index (χ0v) is 9.57. The lowest BCUT2D eigenvalue weighted by Gasteiger charge is -2.23. The van der Waals surface area contributed by atoms with Gasteiger partial charge in [-0.2, -0.15) is 18.3 Å². The summed E-state index contributed by atoms with van der Waals surface area (Å²) >= 11 is 0. The van der Waals surface area contributed by atoms with Crippen LogP contribution in [0, 0.1) is 0 Å². The number of carboxylic acids is 1. The molecule has 1 aliphatic rings. The maximum Gasteiger partial charge on any atom is 0.435 e. The van der Waals surface area contributed by atoms with Gasteiger partial charge in [0.1, 0.15) is 5.69 Å². The maximum absolute atomic E-state index is 12.5. The Kier molecular flexibility index (Phi) is 3.32. The molecule has 7 heteroatoms. The first-order chi connectivity index (χ1) is 8.39. The van der Waals surface area contributed by atoms with Crippen molar-refractivity contribution in [3.63, 3.8) is 0 Å². The van der Waals surface area contributed by atoms with Gasteiger partial charge in [0.15, 0.2) is 5.69 Å². The van der Waals surface area contributed by atoms with Gasteiger partial charge >= 0.3 is 12.1 Å². The normalized spacial score (nSPS) is 17.9. The van der Waals surface area contributed by atoms with Crippen LogP contribution in [0.1, 0.15) is 54.3 Å². The molecular weight excluding hydrogens is 249 g/mol. The minimum atomic E-state index is -4.61. The van der Waals surface area contributed by atoms with Gasteiger partial charge in [0.05, 0.1) is 6.04 Å². The first-order valence-corrected chi connectivity index (χ1v) is 5.79. The molecule has 1 aromatic rings. The Morgan fingerprint density at radius 2 is 1.94 bits per heavy atom. The zero-order chi connectivity index (χ0) is 13.3. The van der Waals surface area contributed by atoms with Gasteiger partial charge in [0.2, 0.25) is 0 Å². The molecule has 0 atom stereocenters. The number of aromatic nitrogens is 2. The van der Waals surface area contributed by atoms with E-state index in [2.05, 4.69) is 5.10 Å². The van der Waals surface area contributed by atoms with E-state index in [0.29, 0.717) is 18.9 Å². The number of aromatic carboxylic acids is 1. The minimum Gasteiger partial charge on any atom is -0.477 e. The molecule has 2 rings (SSSR count). The molecule has 1 aromatic heterocycles. The van der Waals surface area contributed by atoms with Crippen LogP contribution in [0.2, 0.25) is 0 Å². The van der Waals surface area contributed by atoms with Gasteiger partial charge in [-0.25, -0.2) is 4.79 Å². The van der Waals surface area contributed by atoms with Crippen LogP contribution in [0.25, 0.3) is 0 Å². The molecule has 0 bridgehead atoms. The number of hydrogen-bond acceptors (Lipinski definition) is 2. The van der Waals surface area contributed by atoms with Crippen molar-refractivity contribution in [1.29, 1.82) is 0 Å². The molecule has 18 heavy (non-hydrogen) atoms. The summed E-state index contributed by atoms with van der Waals surface area (Å²) in [5.74, 6) is -1.37. The molecule has 1 saturated carbocycles. The molecule has 0 spiro atoms. The second-order valence-electron chi connectivity index (χ2n) is 4.45. The number of halogens is 3. The van der Waals surface area contributed by atoms with Crippen molar-refractivity contribution in [2.45, 2.75) is 44.3 Å². The third kappa shape index (κ3) is 2.49. The number of carbonyl (C=O) groups is 1. The fraction of sp³-hybridized carbons (Fsp3) is 0.636. The molecule has 100 valence electrons. The van der Waals surface area contributed by atoms with Gasteiger partial charge in [-0.3, -0.25) is 4.68 Å². The summed E-state index contributed by atoms with van der Waals surface area (Å²) in [6.45, 7) is 0. The first kappa shape index (κ1) is 12.9. The van der Waals surface area contributed by atoms with Crippen LogP contribution in [0.3, 0.4) is 0 Å². The highest BCUT2D eigenvalue weighted by Crippen LogP contribution is 2.33. The number of carboxylic acid groups (broad SMARTS) is 1. The lowest BCUT2D eigenvalue weighted by atomic mass is 9.95. The van der Waals surface area contributed by atoms with Crippen molar-refractivity contribution in [2.24, 2.45) is 0 Å². The van der Waals surface area contributed by atoms with Crippen LogP contribution >= 0.6 is 0 Å².